The summed E-state index contributed by atoms with van der Waals surface area (Å²) in [5.74, 6) is 0.0415. The molecule has 3 aromatic carbocycles. The Hall–Kier alpha value is -4.57. The van der Waals surface area contributed by atoms with Crippen LogP contribution < -0.4 is 19.2 Å². The van der Waals surface area contributed by atoms with Crippen molar-refractivity contribution in [3.8, 4) is 17.2 Å². The van der Waals surface area contributed by atoms with Crippen molar-refractivity contribution in [3.63, 3.8) is 0 Å². The van der Waals surface area contributed by atoms with Gasteiger partial charge < -0.3 is 14.0 Å². The van der Waals surface area contributed by atoms with Crippen LogP contribution >= 0.6 is 0 Å². The lowest BCUT2D eigenvalue weighted by atomic mass is 10.2. The predicted molar refractivity (Wildman–Crippen MR) is 156 cm³/mol. The minimum absolute atomic E-state index is 0.0276. The van der Waals surface area contributed by atoms with Gasteiger partial charge in [0.25, 0.3) is 15.9 Å². The average molecular weight is 561 g/mol. The maximum absolute atomic E-state index is 13.7. The summed E-state index contributed by atoms with van der Waals surface area (Å²) in [6.45, 7) is 5.47. The molecule has 10 heteroatoms. The third-order valence-corrected chi connectivity index (χ3v) is 8.17. The Labute approximate surface area is 234 Å². The number of hydrogen-bond donors (Lipinski definition) is 1. The predicted octanol–water partition coefficient (Wildman–Crippen LogP) is 4.77. The van der Waals surface area contributed by atoms with Gasteiger partial charge >= 0.3 is 0 Å². The topological polar surface area (TPSA) is 102 Å². The molecule has 0 atom stereocenters. The van der Waals surface area contributed by atoms with Crippen LogP contribution in [0.15, 0.2) is 88.9 Å². The molecule has 1 aromatic heterocycles. The first-order chi connectivity index (χ1) is 19.1. The van der Waals surface area contributed by atoms with Gasteiger partial charge in [-0.05, 0) is 68.8 Å². The molecule has 0 aliphatic carbocycles. The van der Waals surface area contributed by atoms with Crippen molar-refractivity contribution >= 4 is 27.8 Å². The number of anilines is 1. The molecule has 208 valence electrons. The lowest BCUT2D eigenvalue weighted by molar-refractivity contribution is -0.119. The molecule has 4 rings (SSSR count). The van der Waals surface area contributed by atoms with Crippen molar-refractivity contribution in [1.82, 2.24) is 9.99 Å². The molecule has 0 aliphatic rings. The number of sulfonamides is 1. The number of hydrazone groups is 1. The Kier molecular flexibility index (Phi) is 8.59. The van der Waals surface area contributed by atoms with Gasteiger partial charge in [0, 0.05) is 28.7 Å². The van der Waals surface area contributed by atoms with E-state index in [0.29, 0.717) is 5.75 Å². The van der Waals surface area contributed by atoms with Crippen LogP contribution in [0.4, 0.5) is 5.69 Å². The Bertz CT molecular complexity index is 1650. The third kappa shape index (κ3) is 6.02. The van der Waals surface area contributed by atoms with Crippen molar-refractivity contribution in [2.45, 2.75) is 25.7 Å². The van der Waals surface area contributed by atoms with Gasteiger partial charge in [-0.25, -0.2) is 13.8 Å². The van der Waals surface area contributed by atoms with Gasteiger partial charge in [0.05, 0.1) is 31.0 Å². The Morgan fingerprint density at radius 2 is 1.70 bits per heavy atom. The van der Waals surface area contributed by atoms with Gasteiger partial charge in [-0.2, -0.15) is 5.10 Å². The number of nitrogens with zero attached hydrogens (tertiary/aromatic N) is 3. The van der Waals surface area contributed by atoms with E-state index in [1.807, 2.05) is 45.0 Å². The summed E-state index contributed by atoms with van der Waals surface area (Å²) in [6.07, 6.45) is 1.55. The van der Waals surface area contributed by atoms with Gasteiger partial charge in [-0.1, -0.05) is 30.3 Å². The van der Waals surface area contributed by atoms with Crippen LogP contribution in [0, 0.1) is 20.8 Å². The standard InChI is InChI=1S/C30H32N4O5S/c1-21-10-9-11-25(16-21)34-22(2)17-24(23(34)3)19-31-32-30(35)20-33(40(36,37)27-12-7-6-8-13-27)28-18-26(38-4)14-15-29(28)39-5/h6-19H,20H2,1-5H3,(H,32,35)/b31-19+. The van der Waals surface area contributed by atoms with Gasteiger partial charge in [0.1, 0.15) is 18.0 Å². The highest BCUT2D eigenvalue weighted by molar-refractivity contribution is 7.92. The fourth-order valence-corrected chi connectivity index (χ4v) is 5.88. The molecule has 1 amide bonds. The number of hydrogen-bond acceptors (Lipinski definition) is 6. The van der Waals surface area contributed by atoms with Gasteiger partial charge in [0.2, 0.25) is 0 Å². The van der Waals surface area contributed by atoms with E-state index in [2.05, 4.69) is 21.2 Å². The number of carbonyl (C=O) groups excluding carboxylic acids is 1. The normalized spacial score (nSPS) is 11.4. The second-order valence-electron chi connectivity index (χ2n) is 9.16. The number of ether oxygens (including phenoxy) is 2. The molecule has 4 aromatic rings. The summed E-state index contributed by atoms with van der Waals surface area (Å²) >= 11 is 0. The highest BCUT2D eigenvalue weighted by Crippen LogP contribution is 2.35. The number of methoxy groups -OCH3 is 2. The summed E-state index contributed by atoms with van der Waals surface area (Å²) in [5.41, 5.74) is 7.60. The monoisotopic (exact) mass is 560 g/mol. The average Bonchev–Trinajstić information content (AvgIpc) is 3.24. The quantitative estimate of drug-likeness (QED) is 0.223. The number of nitrogens with one attached hydrogen (secondary N) is 1. The summed E-state index contributed by atoms with van der Waals surface area (Å²) in [4.78, 5) is 13.1. The molecular weight excluding hydrogens is 528 g/mol. The first-order valence-electron chi connectivity index (χ1n) is 12.5. The zero-order valence-corrected chi connectivity index (χ0v) is 23.9. The first kappa shape index (κ1) is 28.4. The number of rotatable bonds is 10. The zero-order chi connectivity index (χ0) is 28.9. The maximum atomic E-state index is 13.7. The van der Waals surface area contributed by atoms with Crippen molar-refractivity contribution in [3.05, 3.63) is 101 Å². The summed E-state index contributed by atoms with van der Waals surface area (Å²) in [6, 6.07) is 22.8. The number of amides is 1. The highest BCUT2D eigenvalue weighted by Gasteiger charge is 2.30. The molecule has 0 radical (unpaired) electrons. The first-order valence-corrected chi connectivity index (χ1v) is 14.0. The van der Waals surface area contributed by atoms with Crippen LogP contribution in [0.25, 0.3) is 5.69 Å². The van der Waals surface area contributed by atoms with Gasteiger partial charge in [0.15, 0.2) is 0 Å². The minimum atomic E-state index is -4.15. The Morgan fingerprint density at radius 3 is 2.38 bits per heavy atom. The van der Waals surface area contributed by atoms with E-state index in [1.165, 1.54) is 32.4 Å². The van der Waals surface area contributed by atoms with E-state index < -0.39 is 22.5 Å². The third-order valence-electron chi connectivity index (χ3n) is 6.40. The van der Waals surface area contributed by atoms with Crippen LogP contribution in [0.1, 0.15) is 22.5 Å². The lowest BCUT2D eigenvalue weighted by Gasteiger charge is -2.25. The molecule has 1 heterocycles. The Balaban J connectivity index is 1.61. The zero-order valence-electron chi connectivity index (χ0n) is 23.1. The molecule has 0 saturated heterocycles. The molecule has 0 fully saturated rings. The molecule has 40 heavy (non-hydrogen) atoms. The molecular formula is C30H32N4O5S. The number of carbonyl (C=O) groups is 1. The van der Waals surface area contributed by atoms with Crippen LogP contribution in [-0.2, 0) is 14.8 Å². The lowest BCUT2D eigenvalue weighted by Crippen LogP contribution is -2.39. The van der Waals surface area contributed by atoms with Gasteiger partial charge in [-0.3, -0.25) is 9.10 Å². The van der Waals surface area contributed by atoms with Crippen LogP contribution in [-0.4, -0.2) is 45.9 Å². The van der Waals surface area contributed by atoms with Crippen molar-refractivity contribution < 1.29 is 22.7 Å². The summed E-state index contributed by atoms with van der Waals surface area (Å²) in [5, 5.41) is 4.13. The van der Waals surface area contributed by atoms with E-state index in [0.717, 1.165) is 32.5 Å². The maximum Gasteiger partial charge on any atom is 0.264 e. The van der Waals surface area contributed by atoms with Crippen LogP contribution in [0.5, 0.6) is 11.5 Å². The minimum Gasteiger partial charge on any atom is -0.497 e. The Morgan fingerprint density at radius 1 is 0.950 bits per heavy atom. The fourth-order valence-electron chi connectivity index (χ4n) is 4.43. The van der Waals surface area contributed by atoms with E-state index in [9.17, 15) is 13.2 Å². The summed E-state index contributed by atoms with van der Waals surface area (Å²) in [7, 11) is -1.25. The van der Waals surface area contributed by atoms with Crippen LogP contribution in [0.3, 0.4) is 0 Å². The molecule has 0 spiro atoms. The summed E-state index contributed by atoms with van der Waals surface area (Å²) < 4.78 is 41.2. The molecule has 0 saturated carbocycles. The number of benzene rings is 3. The number of aromatic nitrogens is 1. The molecule has 0 bridgehead atoms. The smallest absolute Gasteiger partial charge is 0.264 e. The van der Waals surface area contributed by atoms with Crippen molar-refractivity contribution in [1.29, 1.82) is 0 Å². The van der Waals surface area contributed by atoms with Gasteiger partial charge in [-0.15, -0.1) is 0 Å². The molecule has 9 nitrogen and oxygen atoms in total. The second-order valence-corrected chi connectivity index (χ2v) is 11.0. The van der Waals surface area contributed by atoms with E-state index in [-0.39, 0.29) is 16.3 Å². The highest BCUT2D eigenvalue weighted by atomic mass is 32.2. The second kappa shape index (κ2) is 12.1. The fraction of sp³-hybridized carbons (Fsp3) is 0.200. The van der Waals surface area contributed by atoms with Crippen LogP contribution in [0.2, 0.25) is 0 Å². The number of aryl methyl sites for hydroxylation is 2. The largest absolute Gasteiger partial charge is 0.497 e. The van der Waals surface area contributed by atoms with E-state index >= 15 is 0 Å². The van der Waals surface area contributed by atoms with Crippen molar-refractivity contribution in [2.75, 3.05) is 25.1 Å². The van der Waals surface area contributed by atoms with Crippen molar-refractivity contribution in [2.24, 2.45) is 5.10 Å². The SMILES string of the molecule is COc1ccc(OC)c(N(CC(=O)N/N=C/c2cc(C)n(-c3cccc(C)c3)c2C)S(=O)(=O)c2ccccc2)c1. The molecule has 0 aliphatic heterocycles. The molecule has 0 unspecified atom stereocenters. The van der Waals surface area contributed by atoms with E-state index in [1.54, 1.807) is 36.5 Å². The molecule has 1 N–H and O–H groups in total. The van der Waals surface area contributed by atoms with E-state index in [4.69, 9.17) is 9.47 Å².